The molecule has 6 nitrogen and oxygen atoms in total. The van der Waals surface area contributed by atoms with E-state index in [-0.39, 0.29) is 6.54 Å². The molecule has 0 saturated carbocycles. The molecule has 7 heteroatoms. The fourth-order valence-electron chi connectivity index (χ4n) is 3.81. The van der Waals surface area contributed by atoms with E-state index in [1.807, 2.05) is 31.2 Å². The van der Waals surface area contributed by atoms with Gasteiger partial charge in [0, 0.05) is 22.8 Å². The monoisotopic (exact) mass is 406 g/mol. The molecule has 0 aliphatic heterocycles. The molecule has 0 radical (unpaired) electrons. The smallest absolute Gasteiger partial charge is 0.164 e. The minimum absolute atomic E-state index is 0.281. The molecule has 1 unspecified atom stereocenters. The Morgan fingerprint density at radius 3 is 2.90 bits per heavy atom. The molecule has 1 aliphatic carbocycles. The molecule has 0 fully saturated rings. The topological polar surface area (TPSA) is 84.1 Å². The van der Waals surface area contributed by atoms with Crippen molar-refractivity contribution in [3.05, 3.63) is 58.6 Å². The normalized spacial score (nSPS) is 15.4. The number of aliphatic hydroxyl groups is 1. The van der Waals surface area contributed by atoms with E-state index in [9.17, 15) is 5.11 Å². The summed E-state index contributed by atoms with van der Waals surface area (Å²) in [4.78, 5) is 16.2. The summed E-state index contributed by atoms with van der Waals surface area (Å²) < 4.78 is 5.65. The third-order valence-corrected chi connectivity index (χ3v) is 6.54. The van der Waals surface area contributed by atoms with Crippen molar-refractivity contribution >= 4 is 27.4 Å². The Morgan fingerprint density at radius 1 is 1.24 bits per heavy atom. The van der Waals surface area contributed by atoms with Gasteiger partial charge in [-0.3, -0.25) is 4.98 Å². The van der Waals surface area contributed by atoms with Crippen molar-refractivity contribution in [2.24, 2.45) is 0 Å². The first-order chi connectivity index (χ1) is 14.0. The van der Waals surface area contributed by atoms with Crippen LogP contribution in [-0.2, 0) is 18.4 Å². The zero-order valence-corrected chi connectivity index (χ0v) is 17.2. The molecule has 148 valence electrons. The lowest BCUT2D eigenvalue weighted by Gasteiger charge is -2.22. The van der Waals surface area contributed by atoms with Crippen molar-refractivity contribution in [3.8, 4) is 11.4 Å². The summed E-state index contributed by atoms with van der Waals surface area (Å²) in [5, 5.41) is 15.4. The van der Waals surface area contributed by atoms with E-state index in [1.165, 1.54) is 16.9 Å². The molecule has 4 heterocycles. The van der Waals surface area contributed by atoms with Gasteiger partial charge in [0.25, 0.3) is 0 Å². The number of aromatic nitrogens is 3. The van der Waals surface area contributed by atoms with Gasteiger partial charge >= 0.3 is 0 Å². The van der Waals surface area contributed by atoms with Crippen LogP contribution in [0.1, 0.15) is 35.3 Å². The molecular formula is C22H22N4O2S. The van der Waals surface area contributed by atoms with Crippen molar-refractivity contribution < 1.29 is 9.52 Å². The third-order valence-electron chi connectivity index (χ3n) is 5.36. The number of anilines is 1. The van der Waals surface area contributed by atoms with Crippen LogP contribution < -0.4 is 5.32 Å². The van der Waals surface area contributed by atoms with Gasteiger partial charge in [0.05, 0.1) is 11.9 Å². The number of nitrogens with one attached hydrogen (secondary N) is 1. The minimum atomic E-state index is -1.15. The SMILES string of the molecule is Cc1ccc(C(C)(O)CNc2nc(-c3cccnc3)nc3sc4c(c23)CCC4)o1. The number of nitrogens with zero attached hydrogens (tertiary/aromatic N) is 3. The van der Waals surface area contributed by atoms with Crippen LogP contribution in [0.25, 0.3) is 21.6 Å². The summed E-state index contributed by atoms with van der Waals surface area (Å²) in [5.74, 6) is 2.72. The summed E-state index contributed by atoms with van der Waals surface area (Å²) in [7, 11) is 0. The van der Waals surface area contributed by atoms with Crippen molar-refractivity contribution in [2.45, 2.75) is 38.7 Å². The first-order valence-electron chi connectivity index (χ1n) is 9.77. The highest BCUT2D eigenvalue weighted by atomic mass is 32.1. The van der Waals surface area contributed by atoms with Gasteiger partial charge in [-0.2, -0.15) is 0 Å². The van der Waals surface area contributed by atoms with Crippen LogP contribution in [0.3, 0.4) is 0 Å². The maximum atomic E-state index is 11.0. The molecule has 0 aromatic carbocycles. The van der Waals surface area contributed by atoms with Crippen molar-refractivity contribution in [1.29, 1.82) is 0 Å². The lowest BCUT2D eigenvalue weighted by Crippen LogP contribution is -2.30. The van der Waals surface area contributed by atoms with E-state index in [2.05, 4.69) is 10.3 Å². The largest absolute Gasteiger partial charge is 0.463 e. The highest BCUT2D eigenvalue weighted by Gasteiger charge is 2.28. The highest BCUT2D eigenvalue weighted by Crippen LogP contribution is 2.40. The Labute approximate surface area is 172 Å². The van der Waals surface area contributed by atoms with Crippen LogP contribution in [0, 0.1) is 6.92 Å². The van der Waals surface area contributed by atoms with Gasteiger partial charge < -0.3 is 14.8 Å². The number of pyridine rings is 1. The molecule has 5 rings (SSSR count). The summed E-state index contributed by atoms with van der Waals surface area (Å²) in [6.45, 7) is 3.90. The van der Waals surface area contributed by atoms with Gasteiger partial charge in [0.15, 0.2) is 5.82 Å². The van der Waals surface area contributed by atoms with Gasteiger partial charge in [0.1, 0.15) is 27.8 Å². The van der Waals surface area contributed by atoms with Crippen LogP contribution in [0.5, 0.6) is 0 Å². The van der Waals surface area contributed by atoms with Gasteiger partial charge in [-0.05, 0) is 62.9 Å². The van der Waals surface area contributed by atoms with E-state index in [0.29, 0.717) is 11.6 Å². The van der Waals surface area contributed by atoms with Gasteiger partial charge in [-0.1, -0.05) is 0 Å². The van der Waals surface area contributed by atoms with E-state index in [1.54, 1.807) is 30.7 Å². The molecule has 4 aromatic heterocycles. The Bertz CT molecular complexity index is 1180. The maximum absolute atomic E-state index is 11.0. The Balaban J connectivity index is 1.56. The van der Waals surface area contributed by atoms with Crippen LogP contribution in [0.2, 0.25) is 0 Å². The quantitative estimate of drug-likeness (QED) is 0.509. The summed E-state index contributed by atoms with van der Waals surface area (Å²) in [6, 6.07) is 7.52. The predicted octanol–water partition coefficient (Wildman–Crippen LogP) is 4.46. The standard InChI is InChI=1S/C22H22N4O2S/c1-13-8-9-17(28-13)22(2,27)12-24-20-18-15-6-3-7-16(15)29-21(18)26-19(25-20)14-5-4-10-23-11-14/h4-5,8-11,27H,3,6-7,12H2,1-2H3,(H,24,25,26). The number of aryl methyl sites for hydroxylation is 3. The second-order valence-electron chi connectivity index (χ2n) is 7.71. The Morgan fingerprint density at radius 2 is 2.14 bits per heavy atom. The van der Waals surface area contributed by atoms with Gasteiger partial charge in [-0.25, -0.2) is 9.97 Å². The van der Waals surface area contributed by atoms with E-state index >= 15 is 0 Å². The van der Waals surface area contributed by atoms with Crippen LogP contribution >= 0.6 is 11.3 Å². The number of thiophene rings is 1. The summed E-state index contributed by atoms with van der Waals surface area (Å²) >= 11 is 1.75. The number of hydrogen-bond donors (Lipinski definition) is 2. The van der Waals surface area contributed by atoms with Crippen molar-refractivity contribution in [2.75, 3.05) is 11.9 Å². The number of rotatable bonds is 5. The molecule has 0 amide bonds. The molecule has 1 aliphatic rings. The molecule has 4 aromatic rings. The predicted molar refractivity (Wildman–Crippen MR) is 114 cm³/mol. The fraction of sp³-hybridized carbons (Fsp3) is 0.318. The second-order valence-corrected chi connectivity index (χ2v) is 8.80. The summed E-state index contributed by atoms with van der Waals surface area (Å²) in [5.41, 5.74) is 1.07. The molecule has 0 saturated heterocycles. The van der Waals surface area contributed by atoms with E-state index in [4.69, 9.17) is 14.4 Å². The molecule has 2 N–H and O–H groups in total. The molecule has 29 heavy (non-hydrogen) atoms. The first kappa shape index (κ1) is 18.3. The third kappa shape index (κ3) is 3.30. The van der Waals surface area contributed by atoms with Crippen LogP contribution in [-0.4, -0.2) is 26.6 Å². The number of fused-ring (bicyclic) bond motifs is 3. The van der Waals surface area contributed by atoms with Crippen LogP contribution in [0.15, 0.2) is 41.1 Å². The van der Waals surface area contributed by atoms with Gasteiger partial charge in [0.2, 0.25) is 0 Å². The average Bonchev–Trinajstić information content (AvgIpc) is 3.42. The zero-order chi connectivity index (χ0) is 20.0. The summed E-state index contributed by atoms with van der Waals surface area (Å²) in [6.07, 6.45) is 6.83. The fourth-order valence-corrected chi connectivity index (χ4v) is 5.08. The second kappa shape index (κ2) is 6.93. The van der Waals surface area contributed by atoms with Crippen LogP contribution in [0.4, 0.5) is 5.82 Å². The lowest BCUT2D eigenvalue weighted by atomic mass is 10.0. The lowest BCUT2D eigenvalue weighted by molar-refractivity contribution is 0.0467. The van der Waals surface area contributed by atoms with Crippen molar-refractivity contribution in [3.63, 3.8) is 0 Å². The van der Waals surface area contributed by atoms with Crippen molar-refractivity contribution in [1.82, 2.24) is 15.0 Å². The molecular weight excluding hydrogens is 384 g/mol. The highest BCUT2D eigenvalue weighted by molar-refractivity contribution is 7.19. The Kier molecular flexibility index (Phi) is 4.37. The first-order valence-corrected chi connectivity index (χ1v) is 10.6. The molecule has 0 spiro atoms. The number of furan rings is 1. The molecule has 1 atom stereocenters. The number of hydrogen-bond acceptors (Lipinski definition) is 7. The van der Waals surface area contributed by atoms with Gasteiger partial charge in [-0.15, -0.1) is 11.3 Å². The zero-order valence-electron chi connectivity index (χ0n) is 16.4. The average molecular weight is 407 g/mol. The van der Waals surface area contributed by atoms with E-state index in [0.717, 1.165) is 40.2 Å². The van der Waals surface area contributed by atoms with E-state index < -0.39 is 5.60 Å². The maximum Gasteiger partial charge on any atom is 0.164 e. The minimum Gasteiger partial charge on any atom is -0.463 e. The molecule has 0 bridgehead atoms. The Hall–Kier alpha value is -2.77.